The van der Waals surface area contributed by atoms with Gasteiger partial charge in [0.1, 0.15) is 5.69 Å². The second-order valence-electron chi connectivity index (χ2n) is 3.72. The zero-order valence-electron chi connectivity index (χ0n) is 9.93. The van der Waals surface area contributed by atoms with E-state index in [0.717, 1.165) is 6.54 Å². The van der Waals surface area contributed by atoms with Crippen LogP contribution in [0.15, 0.2) is 6.20 Å². The van der Waals surface area contributed by atoms with Crippen LogP contribution in [-0.4, -0.2) is 54.8 Å². The van der Waals surface area contributed by atoms with Gasteiger partial charge in [0.25, 0.3) is 0 Å². The lowest BCUT2D eigenvalue weighted by Crippen LogP contribution is -2.24. The second kappa shape index (κ2) is 5.62. The minimum absolute atomic E-state index is 0.0377. The number of carbonyl (C=O) groups excluding carboxylic acids is 1. The van der Waals surface area contributed by atoms with Gasteiger partial charge < -0.3 is 15.4 Å². The van der Waals surface area contributed by atoms with Gasteiger partial charge in [-0.15, -0.1) is 0 Å². The zero-order chi connectivity index (χ0) is 12.1. The predicted molar refractivity (Wildman–Crippen MR) is 60.7 cm³/mol. The van der Waals surface area contributed by atoms with E-state index in [1.165, 1.54) is 7.11 Å². The van der Waals surface area contributed by atoms with Crippen LogP contribution in [0.25, 0.3) is 0 Å². The van der Waals surface area contributed by atoms with Crippen molar-refractivity contribution in [1.82, 2.24) is 14.7 Å². The van der Waals surface area contributed by atoms with Crippen molar-refractivity contribution in [2.75, 3.05) is 34.3 Å². The number of carbonyl (C=O) groups is 1. The average molecular weight is 226 g/mol. The summed E-state index contributed by atoms with van der Waals surface area (Å²) in [5, 5.41) is 4.12. The van der Waals surface area contributed by atoms with E-state index in [9.17, 15) is 4.79 Å². The molecule has 0 atom stereocenters. The van der Waals surface area contributed by atoms with Crippen LogP contribution in [0.3, 0.4) is 0 Å². The number of Topliss-reactive ketones (excluding diaryl/α,β-unsaturated/α-hetero) is 1. The maximum Gasteiger partial charge on any atom is 0.198 e. The largest absolute Gasteiger partial charge is 0.493 e. The highest BCUT2D eigenvalue weighted by molar-refractivity contribution is 5.98. The van der Waals surface area contributed by atoms with E-state index in [1.807, 2.05) is 19.0 Å². The maximum atomic E-state index is 11.6. The Kier molecular flexibility index (Phi) is 4.45. The number of rotatable bonds is 6. The standard InChI is InChI=1S/C10H18N4O2/c1-13(2)4-5-14-10(8(15)6-11)9(16-3)7-12-14/h7H,4-6,11H2,1-3H3. The molecule has 1 rings (SSSR count). The quantitative estimate of drug-likeness (QED) is 0.668. The molecule has 90 valence electrons. The van der Waals surface area contributed by atoms with E-state index in [2.05, 4.69) is 5.10 Å². The van der Waals surface area contributed by atoms with Crippen LogP contribution in [0.4, 0.5) is 0 Å². The summed E-state index contributed by atoms with van der Waals surface area (Å²) < 4.78 is 6.72. The van der Waals surface area contributed by atoms with Crippen LogP contribution < -0.4 is 10.5 Å². The lowest BCUT2D eigenvalue weighted by atomic mass is 10.2. The number of hydrogen-bond donors (Lipinski definition) is 1. The number of nitrogens with zero attached hydrogens (tertiary/aromatic N) is 3. The number of ketones is 1. The summed E-state index contributed by atoms with van der Waals surface area (Å²) in [6.07, 6.45) is 1.54. The van der Waals surface area contributed by atoms with Gasteiger partial charge in [0.2, 0.25) is 0 Å². The molecule has 6 heteroatoms. The summed E-state index contributed by atoms with van der Waals surface area (Å²) in [5.41, 5.74) is 5.81. The SMILES string of the molecule is COc1cnn(CCN(C)C)c1C(=O)CN. The minimum Gasteiger partial charge on any atom is -0.493 e. The topological polar surface area (TPSA) is 73.4 Å². The van der Waals surface area contributed by atoms with Crippen LogP contribution in [0.5, 0.6) is 5.75 Å². The van der Waals surface area contributed by atoms with Crippen LogP contribution in [0, 0.1) is 0 Å². The molecule has 0 fully saturated rings. The number of ether oxygens (including phenoxy) is 1. The van der Waals surface area contributed by atoms with Crippen LogP contribution in [0.2, 0.25) is 0 Å². The summed E-state index contributed by atoms with van der Waals surface area (Å²) in [6.45, 7) is 1.40. The Hall–Kier alpha value is -1.40. The zero-order valence-corrected chi connectivity index (χ0v) is 9.93. The monoisotopic (exact) mass is 226 g/mol. The van der Waals surface area contributed by atoms with Crippen molar-refractivity contribution in [3.63, 3.8) is 0 Å². The molecule has 6 nitrogen and oxygen atoms in total. The molecule has 1 heterocycles. The highest BCUT2D eigenvalue weighted by Gasteiger charge is 2.17. The van der Waals surface area contributed by atoms with E-state index in [0.29, 0.717) is 18.0 Å². The molecule has 0 saturated carbocycles. The normalized spacial score (nSPS) is 10.8. The third kappa shape index (κ3) is 2.80. The number of hydrogen-bond acceptors (Lipinski definition) is 5. The molecule has 0 saturated heterocycles. The summed E-state index contributed by atoms with van der Waals surface area (Å²) in [7, 11) is 5.44. The molecule has 0 spiro atoms. The third-order valence-electron chi connectivity index (χ3n) is 2.23. The molecular weight excluding hydrogens is 208 g/mol. The number of likely N-dealkylation sites (N-methyl/N-ethyl adjacent to an activating group) is 1. The summed E-state index contributed by atoms with van der Waals surface area (Å²) in [4.78, 5) is 13.7. The van der Waals surface area contributed by atoms with Gasteiger partial charge in [0.05, 0.1) is 26.4 Å². The van der Waals surface area contributed by atoms with Gasteiger partial charge in [0.15, 0.2) is 11.5 Å². The molecule has 1 aromatic rings. The molecule has 0 unspecified atom stereocenters. The Morgan fingerprint density at radius 2 is 2.31 bits per heavy atom. The Labute approximate surface area is 95.0 Å². The third-order valence-corrected chi connectivity index (χ3v) is 2.23. The van der Waals surface area contributed by atoms with Crippen LogP contribution in [0.1, 0.15) is 10.5 Å². The predicted octanol–water partition coefficient (Wildman–Crippen LogP) is -0.405. The molecule has 0 aliphatic carbocycles. The first-order chi connectivity index (χ1) is 7.60. The second-order valence-corrected chi connectivity index (χ2v) is 3.72. The fraction of sp³-hybridized carbons (Fsp3) is 0.600. The fourth-order valence-electron chi connectivity index (χ4n) is 1.36. The van der Waals surface area contributed by atoms with Gasteiger partial charge in [0, 0.05) is 6.54 Å². The van der Waals surface area contributed by atoms with E-state index >= 15 is 0 Å². The van der Waals surface area contributed by atoms with Gasteiger partial charge in [-0.1, -0.05) is 0 Å². The molecule has 0 amide bonds. The van der Waals surface area contributed by atoms with E-state index < -0.39 is 0 Å². The van der Waals surface area contributed by atoms with Gasteiger partial charge in [-0.25, -0.2) is 0 Å². The first kappa shape index (κ1) is 12.7. The molecule has 1 aromatic heterocycles. The van der Waals surface area contributed by atoms with Gasteiger partial charge >= 0.3 is 0 Å². The summed E-state index contributed by atoms with van der Waals surface area (Å²) in [6, 6.07) is 0. The Bertz CT molecular complexity index is 360. The Balaban J connectivity index is 2.91. The first-order valence-corrected chi connectivity index (χ1v) is 5.08. The number of methoxy groups -OCH3 is 1. The van der Waals surface area contributed by atoms with E-state index in [4.69, 9.17) is 10.5 Å². The number of aromatic nitrogens is 2. The fourth-order valence-corrected chi connectivity index (χ4v) is 1.36. The molecule has 0 aromatic carbocycles. The number of nitrogens with two attached hydrogens (primary N) is 1. The lowest BCUT2D eigenvalue weighted by molar-refractivity contribution is 0.0987. The highest BCUT2D eigenvalue weighted by atomic mass is 16.5. The summed E-state index contributed by atoms with van der Waals surface area (Å²) >= 11 is 0. The van der Waals surface area contributed by atoms with Crippen LogP contribution >= 0.6 is 0 Å². The Morgan fingerprint density at radius 1 is 1.62 bits per heavy atom. The smallest absolute Gasteiger partial charge is 0.198 e. The molecule has 0 aliphatic heterocycles. The molecule has 2 N–H and O–H groups in total. The Morgan fingerprint density at radius 3 is 2.81 bits per heavy atom. The minimum atomic E-state index is -0.159. The first-order valence-electron chi connectivity index (χ1n) is 5.08. The van der Waals surface area contributed by atoms with Crippen molar-refractivity contribution in [2.45, 2.75) is 6.54 Å². The molecule has 0 bridgehead atoms. The lowest BCUT2D eigenvalue weighted by Gasteiger charge is -2.11. The van der Waals surface area contributed by atoms with Crippen LogP contribution in [-0.2, 0) is 6.54 Å². The average Bonchev–Trinajstić information content (AvgIpc) is 2.68. The van der Waals surface area contributed by atoms with Crippen molar-refractivity contribution in [1.29, 1.82) is 0 Å². The van der Waals surface area contributed by atoms with E-state index in [1.54, 1.807) is 10.9 Å². The van der Waals surface area contributed by atoms with Gasteiger partial charge in [-0.3, -0.25) is 9.48 Å². The van der Waals surface area contributed by atoms with Crippen molar-refractivity contribution in [2.24, 2.45) is 5.73 Å². The summed E-state index contributed by atoms with van der Waals surface area (Å²) in [5.74, 6) is 0.322. The molecular formula is C10H18N4O2. The molecule has 16 heavy (non-hydrogen) atoms. The van der Waals surface area contributed by atoms with Crippen molar-refractivity contribution in [3.8, 4) is 5.75 Å². The van der Waals surface area contributed by atoms with Crippen molar-refractivity contribution >= 4 is 5.78 Å². The maximum absolute atomic E-state index is 11.6. The van der Waals surface area contributed by atoms with Crippen molar-refractivity contribution in [3.05, 3.63) is 11.9 Å². The van der Waals surface area contributed by atoms with Crippen molar-refractivity contribution < 1.29 is 9.53 Å². The molecule has 0 radical (unpaired) electrons. The van der Waals surface area contributed by atoms with Gasteiger partial charge in [-0.2, -0.15) is 5.10 Å². The van der Waals surface area contributed by atoms with Gasteiger partial charge in [-0.05, 0) is 14.1 Å². The molecule has 0 aliphatic rings. The van der Waals surface area contributed by atoms with E-state index in [-0.39, 0.29) is 12.3 Å². The highest BCUT2D eigenvalue weighted by Crippen LogP contribution is 2.17.